The first kappa shape index (κ1) is 34.3. The van der Waals surface area contributed by atoms with Gasteiger partial charge in [-0.3, -0.25) is 14.2 Å². The number of hydrogen-bond acceptors (Lipinski definition) is 7. The molecule has 2 saturated heterocycles. The van der Waals surface area contributed by atoms with Crippen molar-refractivity contribution >= 4 is 40.6 Å². The van der Waals surface area contributed by atoms with Crippen LogP contribution in [0, 0.1) is 11.6 Å². The Kier molecular flexibility index (Phi) is 10.8. The number of carbonyl (C=O) groups is 2. The molecule has 1 atom stereocenters. The summed E-state index contributed by atoms with van der Waals surface area (Å²) in [6, 6.07) is 5.31. The molecule has 7 rings (SSSR count). The number of nitrogens with zero attached hydrogens (tertiary/aromatic N) is 6. The van der Waals surface area contributed by atoms with Crippen LogP contribution >= 0.6 is 11.6 Å². The summed E-state index contributed by atoms with van der Waals surface area (Å²) in [6.07, 6.45) is 7.40. The van der Waals surface area contributed by atoms with Crippen molar-refractivity contribution < 1.29 is 23.1 Å². The molecule has 3 aliphatic heterocycles. The molecule has 1 aromatic heterocycles. The van der Waals surface area contributed by atoms with Crippen molar-refractivity contribution in [2.24, 2.45) is 0 Å². The van der Waals surface area contributed by atoms with Gasteiger partial charge in [-0.2, -0.15) is 4.98 Å². The SMILES string of the molecule is C=CC(=O)N1CCN(c2nc(=O)n3c4c(c(-c5ccc(F)cc5F)c(Cl)cc24)OCC3)C(C)C1.CN(C=O)C1CC1.CN1CCCC1. The van der Waals surface area contributed by atoms with Gasteiger partial charge in [0.2, 0.25) is 12.3 Å². The Bertz CT molecular complexity index is 1710. The lowest BCUT2D eigenvalue weighted by molar-refractivity contribution is -0.126. The second-order valence-electron chi connectivity index (χ2n) is 12.3. The minimum Gasteiger partial charge on any atom is -0.489 e. The van der Waals surface area contributed by atoms with Gasteiger partial charge in [-0.05, 0) is 77.0 Å². The molecule has 1 saturated carbocycles. The molecule has 3 aromatic rings. The van der Waals surface area contributed by atoms with E-state index in [1.54, 1.807) is 15.9 Å². The van der Waals surface area contributed by atoms with Crippen molar-refractivity contribution in [1.82, 2.24) is 24.3 Å². The fourth-order valence-electron chi connectivity index (χ4n) is 6.16. The number of rotatable bonds is 5. The zero-order valence-corrected chi connectivity index (χ0v) is 27.8. The van der Waals surface area contributed by atoms with Crippen molar-refractivity contribution in [1.29, 1.82) is 0 Å². The van der Waals surface area contributed by atoms with Gasteiger partial charge in [0.1, 0.15) is 24.1 Å². The summed E-state index contributed by atoms with van der Waals surface area (Å²) >= 11 is 6.64. The van der Waals surface area contributed by atoms with E-state index in [1.807, 2.05) is 18.9 Å². The first-order valence-corrected chi connectivity index (χ1v) is 16.3. The quantitative estimate of drug-likeness (QED) is 0.291. The molecule has 13 heteroatoms. The molecule has 2 aromatic carbocycles. The Balaban J connectivity index is 0.000000276. The third-order valence-electron chi connectivity index (χ3n) is 8.92. The second kappa shape index (κ2) is 14.8. The van der Waals surface area contributed by atoms with Crippen LogP contribution in [0.2, 0.25) is 5.02 Å². The summed E-state index contributed by atoms with van der Waals surface area (Å²) in [5.41, 5.74) is 0.330. The number of amides is 2. The fourth-order valence-corrected chi connectivity index (χ4v) is 6.45. The number of hydrogen-bond donors (Lipinski definition) is 0. The maximum absolute atomic E-state index is 14.7. The summed E-state index contributed by atoms with van der Waals surface area (Å²) in [6.45, 7) is 9.91. The molecule has 1 unspecified atom stereocenters. The zero-order chi connectivity index (χ0) is 33.8. The van der Waals surface area contributed by atoms with E-state index in [1.165, 1.54) is 55.5 Å². The van der Waals surface area contributed by atoms with E-state index in [-0.39, 0.29) is 47.0 Å². The largest absolute Gasteiger partial charge is 0.489 e. The molecule has 0 N–H and O–H groups in total. The number of benzene rings is 2. The van der Waals surface area contributed by atoms with Crippen LogP contribution in [0.15, 0.2) is 41.7 Å². The van der Waals surface area contributed by atoms with E-state index in [4.69, 9.17) is 16.3 Å². The summed E-state index contributed by atoms with van der Waals surface area (Å²) in [7, 11) is 4.00. The van der Waals surface area contributed by atoms with E-state index in [9.17, 15) is 23.2 Å². The number of ether oxygens (including phenoxy) is 1. The highest BCUT2D eigenvalue weighted by molar-refractivity contribution is 6.35. The van der Waals surface area contributed by atoms with E-state index >= 15 is 0 Å². The molecule has 4 heterocycles. The van der Waals surface area contributed by atoms with Gasteiger partial charge in [0.15, 0.2) is 5.75 Å². The third-order valence-corrected chi connectivity index (χ3v) is 9.21. The minimum absolute atomic E-state index is 0.0764. The molecule has 2 amide bonds. The van der Waals surface area contributed by atoms with Gasteiger partial charge in [0.05, 0.1) is 17.1 Å². The number of halogens is 3. The van der Waals surface area contributed by atoms with Crippen LogP contribution in [0.5, 0.6) is 5.75 Å². The summed E-state index contributed by atoms with van der Waals surface area (Å²) in [5, 5.41) is 0.775. The smallest absolute Gasteiger partial charge is 0.350 e. The van der Waals surface area contributed by atoms with Crippen molar-refractivity contribution in [2.45, 2.75) is 51.2 Å². The highest BCUT2D eigenvalue weighted by Crippen LogP contribution is 2.46. The number of likely N-dealkylation sites (tertiary alicyclic amines) is 1. The molecule has 252 valence electrons. The lowest BCUT2D eigenvalue weighted by Gasteiger charge is -2.40. The highest BCUT2D eigenvalue weighted by atomic mass is 35.5. The second-order valence-corrected chi connectivity index (χ2v) is 12.8. The number of anilines is 1. The number of piperazine rings is 1. The molecular formula is C34H41ClF2N6O4. The van der Waals surface area contributed by atoms with Crippen molar-refractivity contribution in [3.63, 3.8) is 0 Å². The van der Waals surface area contributed by atoms with Gasteiger partial charge in [-0.25, -0.2) is 13.6 Å². The van der Waals surface area contributed by atoms with Crippen molar-refractivity contribution in [2.75, 3.05) is 58.3 Å². The number of aromatic nitrogens is 2. The Labute approximate surface area is 278 Å². The van der Waals surface area contributed by atoms with Crippen LogP contribution in [0.4, 0.5) is 14.6 Å². The van der Waals surface area contributed by atoms with Gasteiger partial charge in [-0.1, -0.05) is 18.2 Å². The summed E-state index contributed by atoms with van der Waals surface area (Å²) < 4.78 is 35.6. The molecule has 3 fully saturated rings. The lowest BCUT2D eigenvalue weighted by Crippen LogP contribution is -2.54. The van der Waals surface area contributed by atoms with Crippen molar-refractivity contribution in [3.8, 4) is 16.9 Å². The van der Waals surface area contributed by atoms with E-state index in [2.05, 4.69) is 23.5 Å². The predicted octanol–water partition coefficient (Wildman–Crippen LogP) is 4.56. The van der Waals surface area contributed by atoms with Gasteiger partial charge < -0.3 is 24.3 Å². The molecule has 47 heavy (non-hydrogen) atoms. The maximum atomic E-state index is 14.7. The van der Waals surface area contributed by atoms with Crippen LogP contribution in [0.3, 0.4) is 0 Å². The average Bonchev–Trinajstić information content (AvgIpc) is 3.81. The molecule has 0 bridgehead atoms. The molecule has 0 spiro atoms. The topological polar surface area (TPSA) is 91.2 Å². The Morgan fingerprint density at radius 3 is 2.40 bits per heavy atom. The van der Waals surface area contributed by atoms with E-state index in [0.717, 1.165) is 18.5 Å². The van der Waals surface area contributed by atoms with Crippen LogP contribution < -0.4 is 15.3 Å². The van der Waals surface area contributed by atoms with Crippen LogP contribution in [-0.4, -0.2) is 102 Å². The fraction of sp³-hybridized carbons (Fsp3) is 0.471. The first-order chi connectivity index (χ1) is 22.5. The first-order valence-electron chi connectivity index (χ1n) is 15.9. The molecular weight excluding hydrogens is 630 g/mol. The van der Waals surface area contributed by atoms with Crippen LogP contribution in [-0.2, 0) is 16.1 Å². The molecule has 0 radical (unpaired) electrons. The van der Waals surface area contributed by atoms with E-state index in [0.29, 0.717) is 42.4 Å². The standard InChI is InChI=1S/C24H21ClF2N4O3.C5H9NO.C5H11N/c1-3-19(32)29-6-7-30(13(2)12-29)23-16-11-17(25)20(15-5-4-14(26)10-18(15)27)22-21(16)31(8-9-34-22)24(33)28-23;1-6(4-7)5-2-3-5;1-6-4-2-3-5-6/h3-5,10-11,13H,1,6-9,12H2,2H3;4-5H,2-3H2,1H3;2-5H2,1H3. The van der Waals surface area contributed by atoms with Crippen LogP contribution in [0.1, 0.15) is 32.6 Å². The number of carbonyl (C=O) groups excluding carboxylic acids is 2. The molecule has 4 aliphatic rings. The summed E-state index contributed by atoms with van der Waals surface area (Å²) in [4.78, 5) is 47.1. The normalized spacial score (nSPS) is 18.8. The maximum Gasteiger partial charge on any atom is 0.350 e. The van der Waals surface area contributed by atoms with Crippen molar-refractivity contribution in [3.05, 3.63) is 64.1 Å². The highest BCUT2D eigenvalue weighted by Gasteiger charge is 2.32. The molecule has 10 nitrogen and oxygen atoms in total. The monoisotopic (exact) mass is 670 g/mol. The molecule has 1 aliphatic carbocycles. The Hall–Kier alpha value is -4.03. The van der Waals surface area contributed by atoms with Gasteiger partial charge in [0, 0.05) is 61.3 Å². The van der Waals surface area contributed by atoms with Crippen LogP contribution in [0.25, 0.3) is 22.0 Å². The zero-order valence-electron chi connectivity index (χ0n) is 27.1. The third kappa shape index (κ3) is 7.59. The van der Waals surface area contributed by atoms with E-state index < -0.39 is 17.3 Å². The van der Waals surface area contributed by atoms with Gasteiger partial charge in [0.25, 0.3) is 0 Å². The lowest BCUT2D eigenvalue weighted by atomic mass is 10.00. The predicted molar refractivity (Wildman–Crippen MR) is 179 cm³/mol. The Morgan fingerprint density at radius 1 is 1.13 bits per heavy atom. The average molecular weight is 671 g/mol. The Morgan fingerprint density at radius 2 is 1.85 bits per heavy atom. The van der Waals surface area contributed by atoms with Gasteiger partial charge in [-0.15, -0.1) is 0 Å². The van der Waals surface area contributed by atoms with Gasteiger partial charge >= 0.3 is 5.69 Å². The minimum atomic E-state index is -0.786. The summed E-state index contributed by atoms with van der Waals surface area (Å²) in [5.74, 6) is -0.966.